The molecule has 0 heterocycles. The van der Waals surface area contributed by atoms with Crippen molar-refractivity contribution in [3.05, 3.63) is 12.2 Å². The maximum absolute atomic E-state index is 10.3. The van der Waals surface area contributed by atoms with Gasteiger partial charge in [0.2, 0.25) is 0 Å². The molecule has 0 aromatic heterocycles. The van der Waals surface area contributed by atoms with E-state index in [0.29, 0.717) is 6.42 Å². The van der Waals surface area contributed by atoms with Crippen LogP contribution in [-0.4, -0.2) is 11.1 Å². The zero-order valence-electron chi connectivity index (χ0n) is 15.5. The predicted molar refractivity (Wildman–Crippen MR) is 101 cm³/mol. The number of aliphatic carboxylic acids is 1. The van der Waals surface area contributed by atoms with Crippen LogP contribution in [0.2, 0.25) is 0 Å². The van der Waals surface area contributed by atoms with Gasteiger partial charge in [-0.25, -0.2) is 0 Å². The molecule has 0 saturated heterocycles. The van der Waals surface area contributed by atoms with Gasteiger partial charge in [-0.2, -0.15) is 0 Å². The lowest BCUT2D eigenvalue weighted by Gasteiger charge is -2.02. The van der Waals surface area contributed by atoms with Gasteiger partial charge in [-0.15, -0.1) is 0 Å². The van der Waals surface area contributed by atoms with Crippen LogP contribution in [0.1, 0.15) is 116 Å². The van der Waals surface area contributed by atoms with Gasteiger partial charge in [-0.1, -0.05) is 103 Å². The van der Waals surface area contributed by atoms with Gasteiger partial charge in [0.25, 0.3) is 0 Å². The minimum atomic E-state index is -0.703. The third-order valence-corrected chi connectivity index (χ3v) is 4.42. The Bertz CT molecular complexity index is 271. The van der Waals surface area contributed by atoms with Gasteiger partial charge in [-0.05, 0) is 19.3 Å². The highest BCUT2D eigenvalue weighted by Crippen LogP contribution is 2.13. The number of hydrogen-bond acceptors (Lipinski definition) is 1. The molecule has 0 aromatic rings. The molecule has 0 aliphatic rings. The standard InChI is InChI=1S/C21H40O2/c1-2-3-4-5-6-7-8-9-10-11-12-13-14-15-16-17-18-19-20-21(22)23/h17-18H,2-16,19-20H2,1H3,(H,22,23)/b18-17+. The van der Waals surface area contributed by atoms with E-state index >= 15 is 0 Å². The van der Waals surface area contributed by atoms with Gasteiger partial charge in [-0.3, -0.25) is 4.79 Å². The molecule has 0 bridgehead atoms. The number of rotatable bonds is 18. The van der Waals surface area contributed by atoms with Crippen molar-refractivity contribution in [2.75, 3.05) is 0 Å². The van der Waals surface area contributed by atoms with Crippen molar-refractivity contribution < 1.29 is 9.90 Å². The van der Waals surface area contributed by atoms with Crippen LogP contribution in [0.3, 0.4) is 0 Å². The molecule has 0 saturated carbocycles. The number of carboxylic acids is 1. The summed E-state index contributed by atoms with van der Waals surface area (Å²) in [5, 5.41) is 8.51. The molecule has 1 N–H and O–H groups in total. The highest BCUT2D eigenvalue weighted by molar-refractivity contribution is 5.66. The second kappa shape index (κ2) is 19.3. The van der Waals surface area contributed by atoms with E-state index in [1.807, 2.05) is 6.08 Å². The van der Waals surface area contributed by atoms with Gasteiger partial charge < -0.3 is 5.11 Å². The summed E-state index contributed by atoms with van der Waals surface area (Å²) in [4.78, 5) is 10.3. The monoisotopic (exact) mass is 324 g/mol. The molecule has 0 aliphatic heterocycles. The van der Waals surface area contributed by atoms with Crippen molar-refractivity contribution in [1.82, 2.24) is 0 Å². The van der Waals surface area contributed by atoms with Crippen LogP contribution >= 0.6 is 0 Å². The summed E-state index contributed by atoms with van der Waals surface area (Å²) in [5.74, 6) is -0.703. The maximum Gasteiger partial charge on any atom is 0.303 e. The Balaban J connectivity index is 3.04. The normalized spacial score (nSPS) is 11.3. The molecule has 0 aliphatic carbocycles. The summed E-state index contributed by atoms with van der Waals surface area (Å²) < 4.78 is 0. The van der Waals surface area contributed by atoms with Crippen molar-refractivity contribution in [3.8, 4) is 0 Å². The third kappa shape index (κ3) is 21.2. The van der Waals surface area contributed by atoms with Crippen molar-refractivity contribution in [1.29, 1.82) is 0 Å². The molecule has 2 nitrogen and oxygen atoms in total. The largest absolute Gasteiger partial charge is 0.481 e. The fraction of sp³-hybridized carbons (Fsp3) is 0.857. The number of carbonyl (C=O) groups is 1. The van der Waals surface area contributed by atoms with Gasteiger partial charge >= 0.3 is 5.97 Å². The van der Waals surface area contributed by atoms with Crippen LogP contribution in [0.15, 0.2) is 12.2 Å². The average Bonchev–Trinajstić information content (AvgIpc) is 2.53. The summed E-state index contributed by atoms with van der Waals surface area (Å²) in [6.45, 7) is 2.28. The summed E-state index contributed by atoms with van der Waals surface area (Å²) in [6.07, 6.45) is 25.7. The zero-order chi connectivity index (χ0) is 17.0. The van der Waals surface area contributed by atoms with E-state index in [4.69, 9.17) is 5.11 Å². The minimum Gasteiger partial charge on any atom is -0.481 e. The maximum atomic E-state index is 10.3. The van der Waals surface area contributed by atoms with Gasteiger partial charge in [0.1, 0.15) is 0 Å². The van der Waals surface area contributed by atoms with E-state index in [2.05, 4.69) is 13.0 Å². The Morgan fingerprint density at radius 2 is 1.04 bits per heavy atom. The van der Waals surface area contributed by atoms with Crippen molar-refractivity contribution >= 4 is 5.97 Å². The Labute approximate surface area is 144 Å². The van der Waals surface area contributed by atoms with E-state index in [0.717, 1.165) is 6.42 Å². The van der Waals surface area contributed by atoms with E-state index < -0.39 is 5.97 Å². The summed E-state index contributed by atoms with van der Waals surface area (Å²) in [7, 11) is 0. The fourth-order valence-corrected chi connectivity index (χ4v) is 2.90. The lowest BCUT2D eigenvalue weighted by Crippen LogP contribution is -1.91. The van der Waals surface area contributed by atoms with Gasteiger partial charge in [0, 0.05) is 6.42 Å². The number of allylic oxidation sites excluding steroid dienone is 2. The molecule has 0 atom stereocenters. The summed E-state index contributed by atoms with van der Waals surface area (Å²) in [6, 6.07) is 0. The Hall–Kier alpha value is -0.790. The van der Waals surface area contributed by atoms with E-state index in [1.54, 1.807) is 0 Å². The first kappa shape index (κ1) is 22.2. The second-order valence-corrected chi connectivity index (χ2v) is 6.79. The van der Waals surface area contributed by atoms with Crippen LogP contribution in [0.5, 0.6) is 0 Å². The quantitative estimate of drug-likeness (QED) is 0.212. The topological polar surface area (TPSA) is 37.3 Å². The van der Waals surface area contributed by atoms with Crippen molar-refractivity contribution in [2.24, 2.45) is 0 Å². The molecule has 23 heavy (non-hydrogen) atoms. The van der Waals surface area contributed by atoms with Gasteiger partial charge in [0.05, 0.1) is 0 Å². The molecule has 0 spiro atoms. The molecule has 2 heteroatoms. The van der Waals surface area contributed by atoms with Crippen LogP contribution in [0.25, 0.3) is 0 Å². The number of unbranched alkanes of at least 4 members (excludes halogenated alkanes) is 14. The predicted octanol–water partition coefficient (Wildman–Crippen LogP) is 7.28. The first-order valence-electron chi connectivity index (χ1n) is 10.1. The SMILES string of the molecule is CCCCCCCCCCCCCCCC/C=C/CCC(=O)O. The third-order valence-electron chi connectivity index (χ3n) is 4.42. The minimum absolute atomic E-state index is 0.259. The summed E-state index contributed by atoms with van der Waals surface area (Å²) in [5.41, 5.74) is 0. The van der Waals surface area contributed by atoms with E-state index in [1.165, 1.54) is 89.9 Å². The van der Waals surface area contributed by atoms with Crippen LogP contribution in [-0.2, 0) is 4.79 Å². The molecular weight excluding hydrogens is 284 g/mol. The van der Waals surface area contributed by atoms with Crippen LogP contribution in [0.4, 0.5) is 0 Å². The Kier molecular flexibility index (Phi) is 18.6. The van der Waals surface area contributed by atoms with Gasteiger partial charge in [0.15, 0.2) is 0 Å². The van der Waals surface area contributed by atoms with Crippen LogP contribution < -0.4 is 0 Å². The smallest absolute Gasteiger partial charge is 0.303 e. The van der Waals surface area contributed by atoms with E-state index in [-0.39, 0.29) is 6.42 Å². The average molecular weight is 325 g/mol. The van der Waals surface area contributed by atoms with E-state index in [9.17, 15) is 4.79 Å². The lowest BCUT2D eigenvalue weighted by atomic mass is 10.0. The highest BCUT2D eigenvalue weighted by Gasteiger charge is 1.94. The molecule has 0 aromatic carbocycles. The van der Waals surface area contributed by atoms with Crippen LogP contribution in [0, 0.1) is 0 Å². The van der Waals surface area contributed by atoms with Crippen molar-refractivity contribution in [3.63, 3.8) is 0 Å². The lowest BCUT2D eigenvalue weighted by molar-refractivity contribution is -0.136. The highest BCUT2D eigenvalue weighted by atomic mass is 16.4. The first-order valence-corrected chi connectivity index (χ1v) is 10.1. The zero-order valence-corrected chi connectivity index (χ0v) is 15.5. The molecule has 0 unspecified atom stereocenters. The van der Waals surface area contributed by atoms with Crippen molar-refractivity contribution in [2.45, 2.75) is 116 Å². The molecular formula is C21H40O2. The molecule has 0 amide bonds. The number of carboxylic acid groups (broad SMARTS) is 1. The first-order chi connectivity index (χ1) is 11.3. The summed E-state index contributed by atoms with van der Waals surface area (Å²) >= 11 is 0. The molecule has 136 valence electrons. The number of hydrogen-bond donors (Lipinski definition) is 1. The molecule has 0 radical (unpaired) electrons. The second-order valence-electron chi connectivity index (χ2n) is 6.79. The fourth-order valence-electron chi connectivity index (χ4n) is 2.90. The Morgan fingerprint density at radius 3 is 1.48 bits per heavy atom. The Morgan fingerprint density at radius 1 is 0.652 bits per heavy atom. The molecule has 0 rings (SSSR count). The molecule has 0 fully saturated rings.